The second-order valence-electron chi connectivity index (χ2n) is 12.8. The number of carbonyl (C=O) groups is 6. The van der Waals surface area contributed by atoms with Crippen molar-refractivity contribution >= 4 is 35.5 Å². The van der Waals surface area contributed by atoms with Crippen LogP contribution in [-0.2, 0) is 28.7 Å². The zero-order valence-corrected chi connectivity index (χ0v) is 29.1. The van der Waals surface area contributed by atoms with E-state index < -0.39 is 42.4 Å². The number of ketones is 3. The van der Waals surface area contributed by atoms with E-state index in [1.807, 2.05) is 84.9 Å². The second-order valence-corrected chi connectivity index (χ2v) is 12.8. The fourth-order valence-electron chi connectivity index (χ4n) is 6.62. The molecule has 276 valence electrons. The topological polar surface area (TPSA) is 165 Å². The summed E-state index contributed by atoms with van der Waals surface area (Å²) in [5.41, 5.74) is 8.92. The average Bonchev–Trinajstić information content (AvgIpc) is 3.61. The highest BCUT2D eigenvalue weighted by molar-refractivity contribution is 5.91. The number of benzene rings is 4. The largest absolute Gasteiger partial charge is 0.481 e. The molecule has 4 aromatic rings. The van der Waals surface area contributed by atoms with Crippen LogP contribution in [0.25, 0.3) is 22.3 Å². The van der Waals surface area contributed by atoms with Gasteiger partial charge in [-0.2, -0.15) is 0 Å². The van der Waals surface area contributed by atoms with Gasteiger partial charge in [0, 0.05) is 18.3 Å². The van der Waals surface area contributed by atoms with Gasteiger partial charge < -0.3 is 25.2 Å². The van der Waals surface area contributed by atoms with E-state index >= 15 is 0 Å². The zero-order chi connectivity index (χ0) is 37.4. The lowest BCUT2D eigenvalue weighted by Crippen LogP contribution is -2.41. The van der Waals surface area contributed by atoms with Crippen LogP contribution in [0.3, 0.4) is 0 Å². The number of carboxylic acids is 1. The smallest absolute Gasteiger partial charge is 0.407 e. The van der Waals surface area contributed by atoms with Crippen LogP contribution in [0.4, 0.5) is 9.59 Å². The average molecular weight is 721 g/mol. The summed E-state index contributed by atoms with van der Waals surface area (Å²) in [7, 11) is 0. The molecular formula is C42H44N2O9. The van der Waals surface area contributed by atoms with Gasteiger partial charge in [-0.1, -0.05) is 104 Å². The van der Waals surface area contributed by atoms with Gasteiger partial charge in [-0.3, -0.25) is 19.2 Å². The first-order valence-corrected chi connectivity index (χ1v) is 16.9. The van der Waals surface area contributed by atoms with E-state index in [2.05, 4.69) is 22.8 Å². The predicted molar refractivity (Wildman–Crippen MR) is 200 cm³/mol. The van der Waals surface area contributed by atoms with Crippen molar-refractivity contribution < 1.29 is 43.3 Å². The third-order valence-electron chi connectivity index (χ3n) is 9.12. The molecule has 2 unspecified atom stereocenters. The van der Waals surface area contributed by atoms with Crippen LogP contribution in [0.2, 0.25) is 0 Å². The molecule has 11 nitrogen and oxygen atoms in total. The van der Waals surface area contributed by atoms with Crippen molar-refractivity contribution in [1.29, 1.82) is 0 Å². The summed E-state index contributed by atoms with van der Waals surface area (Å²) < 4.78 is 10.7. The molecule has 0 spiro atoms. The number of ether oxygens (including phenoxy) is 2. The molecule has 0 radical (unpaired) electrons. The summed E-state index contributed by atoms with van der Waals surface area (Å²) in [6.07, 6.45) is -1.99. The third-order valence-corrected chi connectivity index (χ3v) is 9.12. The maximum absolute atomic E-state index is 12.1. The van der Waals surface area contributed by atoms with Crippen LogP contribution in [0, 0.1) is 0 Å². The van der Waals surface area contributed by atoms with Crippen LogP contribution in [0.15, 0.2) is 97.1 Å². The number of nitrogens with one attached hydrogen (secondary N) is 2. The Hall–Kier alpha value is -6.10. The summed E-state index contributed by atoms with van der Waals surface area (Å²) in [5, 5.41) is 13.6. The van der Waals surface area contributed by atoms with Crippen molar-refractivity contribution in [2.24, 2.45) is 0 Å². The summed E-state index contributed by atoms with van der Waals surface area (Å²) in [5.74, 6) is -2.16. The Morgan fingerprint density at radius 2 is 0.849 bits per heavy atom. The Morgan fingerprint density at radius 3 is 1.13 bits per heavy atom. The number of hydrogen-bond donors (Lipinski definition) is 3. The van der Waals surface area contributed by atoms with Crippen LogP contribution in [-0.4, -0.2) is 65.9 Å². The molecule has 0 fully saturated rings. The molecule has 53 heavy (non-hydrogen) atoms. The highest BCUT2D eigenvalue weighted by atomic mass is 16.6. The Kier molecular flexibility index (Phi) is 13.4. The molecule has 0 saturated heterocycles. The van der Waals surface area contributed by atoms with E-state index in [1.54, 1.807) is 0 Å². The highest BCUT2D eigenvalue weighted by Gasteiger charge is 2.31. The van der Waals surface area contributed by atoms with Crippen molar-refractivity contribution in [3.8, 4) is 22.3 Å². The lowest BCUT2D eigenvalue weighted by atomic mass is 9.98. The number of alkyl carbamates (subject to hydrolysis) is 2. The number of carbonyl (C=O) groups excluding carboxylic acids is 5. The van der Waals surface area contributed by atoms with E-state index in [0.717, 1.165) is 44.5 Å². The van der Waals surface area contributed by atoms with Gasteiger partial charge in [0.15, 0.2) is 11.6 Å². The fraction of sp³-hybridized carbons (Fsp3) is 0.286. The molecule has 0 aromatic heterocycles. The molecule has 11 heteroatoms. The van der Waals surface area contributed by atoms with E-state index in [4.69, 9.17) is 14.6 Å². The maximum Gasteiger partial charge on any atom is 0.407 e. The number of aliphatic carboxylic acids is 1. The van der Waals surface area contributed by atoms with Crippen molar-refractivity contribution in [1.82, 2.24) is 10.6 Å². The van der Waals surface area contributed by atoms with Crippen LogP contribution >= 0.6 is 0 Å². The Morgan fingerprint density at radius 1 is 0.547 bits per heavy atom. The van der Waals surface area contributed by atoms with Gasteiger partial charge in [-0.15, -0.1) is 0 Å². The number of Topliss-reactive ketones (excluding diaryl/α,β-unsaturated/α-hetero) is 3. The fourth-order valence-corrected chi connectivity index (χ4v) is 6.62. The summed E-state index contributed by atoms with van der Waals surface area (Å²) in [4.78, 5) is 69.2. The van der Waals surface area contributed by atoms with Gasteiger partial charge >= 0.3 is 18.2 Å². The lowest BCUT2D eigenvalue weighted by molar-refractivity contribution is -0.139. The molecule has 2 aliphatic rings. The Labute approximate surface area is 308 Å². The number of fused-ring (bicyclic) bond motifs is 6. The molecule has 0 aliphatic heterocycles. The minimum absolute atomic E-state index is 0. The first-order valence-electron chi connectivity index (χ1n) is 16.9. The first kappa shape index (κ1) is 39.7. The van der Waals surface area contributed by atoms with Gasteiger partial charge in [-0.05, 0) is 65.3 Å². The third kappa shape index (κ3) is 9.62. The lowest BCUT2D eigenvalue weighted by Gasteiger charge is -2.17. The van der Waals surface area contributed by atoms with Gasteiger partial charge in [0.1, 0.15) is 25.0 Å². The van der Waals surface area contributed by atoms with Gasteiger partial charge in [0.05, 0.1) is 12.5 Å². The number of hydrogen-bond acceptors (Lipinski definition) is 8. The Balaban J connectivity index is 0.000000232. The minimum Gasteiger partial charge on any atom is -0.481 e. The monoisotopic (exact) mass is 720 g/mol. The number of carboxylic acid groups (broad SMARTS) is 1. The van der Waals surface area contributed by atoms with E-state index in [0.29, 0.717) is 0 Å². The quantitative estimate of drug-likeness (QED) is 0.139. The second kappa shape index (κ2) is 17.9. The molecule has 0 bridgehead atoms. The maximum atomic E-state index is 12.1. The predicted octanol–water partition coefficient (Wildman–Crippen LogP) is 7.06. The van der Waals surface area contributed by atoms with Crippen molar-refractivity contribution in [2.75, 3.05) is 13.2 Å². The van der Waals surface area contributed by atoms with Crippen LogP contribution in [0.5, 0.6) is 0 Å². The number of amides is 2. The summed E-state index contributed by atoms with van der Waals surface area (Å²) in [6, 6.07) is 30.1. The molecule has 2 atom stereocenters. The summed E-state index contributed by atoms with van der Waals surface area (Å²) >= 11 is 0. The molecule has 2 aliphatic carbocycles. The highest BCUT2D eigenvalue weighted by Crippen LogP contribution is 2.45. The molecular weight excluding hydrogens is 676 g/mol. The molecule has 4 aromatic carbocycles. The number of rotatable bonds is 12. The van der Waals surface area contributed by atoms with Crippen LogP contribution < -0.4 is 10.6 Å². The normalized spacial score (nSPS) is 13.2. The van der Waals surface area contributed by atoms with E-state index in [1.165, 1.54) is 20.8 Å². The zero-order valence-electron chi connectivity index (χ0n) is 29.1. The van der Waals surface area contributed by atoms with Gasteiger partial charge in [0.2, 0.25) is 0 Å². The van der Waals surface area contributed by atoms with Crippen molar-refractivity contribution in [3.05, 3.63) is 119 Å². The molecule has 3 N–H and O–H groups in total. The molecule has 0 saturated carbocycles. The van der Waals surface area contributed by atoms with Gasteiger partial charge in [-0.25, -0.2) is 9.59 Å². The van der Waals surface area contributed by atoms with E-state index in [-0.39, 0.29) is 50.5 Å². The van der Waals surface area contributed by atoms with Crippen molar-refractivity contribution in [2.45, 2.75) is 65.0 Å². The first-order chi connectivity index (χ1) is 24.9. The van der Waals surface area contributed by atoms with E-state index in [9.17, 15) is 28.8 Å². The molecule has 6 rings (SSSR count). The minimum atomic E-state index is -1.16. The Bertz CT molecular complexity index is 1770. The SMILES string of the molecule is C.CC(=O)C(CC(=O)O)NC(=O)OCC1c2ccccc2-c2ccccc21.CC(=O)CC(NC(=O)OCC1c2ccccc2-c2ccccc21)C(C)=O. The molecule has 2 amide bonds. The van der Waals surface area contributed by atoms with Crippen molar-refractivity contribution in [3.63, 3.8) is 0 Å². The summed E-state index contributed by atoms with van der Waals surface area (Å²) in [6.45, 7) is 4.24. The van der Waals surface area contributed by atoms with Gasteiger partial charge in [0.25, 0.3) is 0 Å². The van der Waals surface area contributed by atoms with Crippen LogP contribution in [0.1, 0.15) is 75.1 Å². The standard InChI is InChI=1S/C21H21NO4.C20H19NO5.CH4/c1-13(23)11-20(14(2)24)22-21(25)26-12-19-17-9-5-3-7-15(17)16-8-4-6-10-18(16)19;1-12(22)18(10-19(23)24)21-20(25)26-11-17-15-8-4-2-6-13(15)14-7-3-5-9-16(14)17;/h3-10,19-20H,11-12H2,1-2H3,(H,22,25);2-9,17-18H,10-11H2,1H3,(H,21,25)(H,23,24);1H4. The molecule has 0 heterocycles.